The van der Waals surface area contributed by atoms with Crippen molar-refractivity contribution in [3.63, 3.8) is 0 Å². The van der Waals surface area contributed by atoms with Gasteiger partial charge in [0, 0.05) is 24.9 Å². The summed E-state index contributed by atoms with van der Waals surface area (Å²) in [5, 5.41) is 9.33. The molecule has 1 aliphatic heterocycles. The molecule has 194 valence electrons. The summed E-state index contributed by atoms with van der Waals surface area (Å²) < 4.78 is 59.2. The molecule has 0 aliphatic carbocycles. The summed E-state index contributed by atoms with van der Waals surface area (Å²) in [5.41, 5.74) is 0.110. The van der Waals surface area contributed by atoms with Crippen LogP contribution in [-0.2, 0) is 30.4 Å². The van der Waals surface area contributed by atoms with Crippen molar-refractivity contribution in [1.29, 1.82) is 0 Å². The lowest BCUT2D eigenvalue weighted by Crippen LogP contribution is -2.35. The van der Waals surface area contributed by atoms with Crippen LogP contribution in [0.2, 0.25) is 5.02 Å². The van der Waals surface area contributed by atoms with Gasteiger partial charge in [0.2, 0.25) is 0 Å². The summed E-state index contributed by atoms with van der Waals surface area (Å²) in [6.45, 7) is 0.844. The van der Waals surface area contributed by atoms with Gasteiger partial charge in [0.25, 0.3) is 5.91 Å². The fourth-order valence-corrected chi connectivity index (χ4v) is 4.56. The molecule has 0 spiro atoms. The number of hydrogen-bond donors (Lipinski definition) is 1. The van der Waals surface area contributed by atoms with Crippen LogP contribution in [0.1, 0.15) is 39.5 Å². The number of nitrogens with zero attached hydrogens (tertiary/aromatic N) is 1. The molecule has 0 bridgehead atoms. The van der Waals surface area contributed by atoms with E-state index in [-0.39, 0.29) is 22.7 Å². The molecule has 10 heteroatoms. The van der Waals surface area contributed by atoms with E-state index in [4.69, 9.17) is 16.3 Å². The average molecular weight is 536 g/mol. The van der Waals surface area contributed by atoms with E-state index in [1.165, 1.54) is 30.3 Å². The molecule has 37 heavy (non-hydrogen) atoms. The lowest BCUT2D eigenvalue weighted by Gasteiger charge is -2.24. The molecule has 0 saturated carbocycles. The smallest absolute Gasteiger partial charge is 0.416 e. The van der Waals surface area contributed by atoms with Crippen LogP contribution in [0, 0.1) is 5.82 Å². The van der Waals surface area contributed by atoms with Crippen molar-refractivity contribution < 1.29 is 37.0 Å². The Balaban J connectivity index is 1.54. The Morgan fingerprint density at radius 1 is 1.08 bits per heavy atom. The maximum absolute atomic E-state index is 13.9. The second-order valence-electron chi connectivity index (χ2n) is 9.23. The molecule has 1 heterocycles. The summed E-state index contributed by atoms with van der Waals surface area (Å²) in [6.07, 6.45) is -3.79. The van der Waals surface area contributed by atoms with Crippen molar-refractivity contribution in [3.05, 3.63) is 99.3 Å². The van der Waals surface area contributed by atoms with Gasteiger partial charge in [-0.1, -0.05) is 29.8 Å². The Kier molecular flexibility index (Phi) is 7.19. The Morgan fingerprint density at radius 3 is 2.51 bits per heavy atom. The van der Waals surface area contributed by atoms with Gasteiger partial charge < -0.3 is 14.7 Å². The third-order valence-corrected chi connectivity index (χ3v) is 6.34. The summed E-state index contributed by atoms with van der Waals surface area (Å²) in [5.74, 6) is -1.94. The zero-order valence-electron chi connectivity index (χ0n) is 19.6. The SMILES string of the molecule is C[C@]1(Cc2ccc(Cl)c(F)c2)Cc2cc(C(=O)N(CC(=O)O)Cc3cccc(C(F)(F)F)c3)ccc2O1. The van der Waals surface area contributed by atoms with Crippen molar-refractivity contribution in [1.82, 2.24) is 4.90 Å². The summed E-state index contributed by atoms with van der Waals surface area (Å²) in [7, 11) is 0. The minimum absolute atomic E-state index is 0.0173. The molecule has 1 N–H and O–H groups in total. The van der Waals surface area contributed by atoms with Gasteiger partial charge in [-0.25, -0.2) is 4.39 Å². The maximum Gasteiger partial charge on any atom is 0.416 e. The summed E-state index contributed by atoms with van der Waals surface area (Å²) >= 11 is 5.76. The predicted octanol–water partition coefficient (Wildman–Crippen LogP) is 6.16. The molecule has 0 fully saturated rings. The van der Waals surface area contributed by atoms with Crippen molar-refractivity contribution in [2.75, 3.05) is 6.54 Å². The van der Waals surface area contributed by atoms with Gasteiger partial charge >= 0.3 is 12.1 Å². The number of rotatable bonds is 7. The van der Waals surface area contributed by atoms with E-state index in [2.05, 4.69) is 0 Å². The van der Waals surface area contributed by atoms with Crippen LogP contribution in [0.5, 0.6) is 5.75 Å². The van der Waals surface area contributed by atoms with E-state index in [9.17, 15) is 32.3 Å². The summed E-state index contributed by atoms with van der Waals surface area (Å²) in [4.78, 5) is 25.6. The number of fused-ring (bicyclic) bond motifs is 1. The van der Waals surface area contributed by atoms with Crippen LogP contribution in [0.25, 0.3) is 0 Å². The molecule has 0 radical (unpaired) electrons. The van der Waals surface area contributed by atoms with Gasteiger partial charge in [-0.05, 0) is 66.1 Å². The lowest BCUT2D eigenvalue weighted by atomic mass is 9.91. The quantitative estimate of drug-likeness (QED) is 0.368. The van der Waals surface area contributed by atoms with Crippen LogP contribution in [0.3, 0.4) is 0 Å². The number of aliphatic carboxylic acids is 1. The lowest BCUT2D eigenvalue weighted by molar-refractivity contribution is -0.139. The fourth-order valence-electron chi connectivity index (χ4n) is 4.45. The van der Waals surface area contributed by atoms with Crippen LogP contribution >= 0.6 is 11.6 Å². The van der Waals surface area contributed by atoms with E-state index >= 15 is 0 Å². The number of hydrogen-bond acceptors (Lipinski definition) is 3. The van der Waals surface area contributed by atoms with Gasteiger partial charge in [-0.3, -0.25) is 9.59 Å². The first-order chi connectivity index (χ1) is 17.3. The fraction of sp³-hybridized carbons (Fsp3) is 0.259. The highest BCUT2D eigenvalue weighted by atomic mass is 35.5. The van der Waals surface area contributed by atoms with E-state index in [0.717, 1.165) is 17.0 Å². The Bertz CT molecular complexity index is 1360. The van der Waals surface area contributed by atoms with Crippen molar-refractivity contribution >= 4 is 23.5 Å². The first-order valence-corrected chi connectivity index (χ1v) is 11.6. The van der Waals surface area contributed by atoms with E-state index in [0.29, 0.717) is 29.7 Å². The number of carbonyl (C=O) groups excluding carboxylic acids is 1. The second kappa shape index (κ2) is 10.0. The normalized spacial score (nSPS) is 16.7. The number of ether oxygens (including phenoxy) is 1. The van der Waals surface area contributed by atoms with E-state index in [1.807, 2.05) is 6.92 Å². The van der Waals surface area contributed by atoms with E-state index < -0.39 is 41.6 Å². The maximum atomic E-state index is 13.9. The first-order valence-electron chi connectivity index (χ1n) is 11.3. The average Bonchev–Trinajstić information content (AvgIpc) is 3.14. The van der Waals surface area contributed by atoms with Crippen LogP contribution < -0.4 is 4.74 Å². The molecule has 1 amide bonds. The van der Waals surface area contributed by atoms with Gasteiger partial charge in [0.1, 0.15) is 23.7 Å². The highest BCUT2D eigenvalue weighted by Gasteiger charge is 2.36. The number of carboxylic acid groups (broad SMARTS) is 1. The number of halogens is 5. The highest BCUT2D eigenvalue weighted by Crippen LogP contribution is 2.38. The highest BCUT2D eigenvalue weighted by molar-refractivity contribution is 6.30. The minimum atomic E-state index is -4.57. The molecule has 3 aromatic rings. The molecule has 1 aliphatic rings. The van der Waals surface area contributed by atoms with Crippen molar-refractivity contribution in [3.8, 4) is 5.75 Å². The Hall–Kier alpha value is -3.59. The second-order valence-corrected chi connectivity index (χ2v) is 9.64. The van der Waals surface area contributed by atoms with Gasteiger partial charge in [0.05, 0.1) is 10.6 Å². The number of amides is 1. The Labute approximate surface area is 215 Å². The monoisotopic (exact) mass is 535 g/mol. The third kappa shape index (κ3) is 6.22. The van der Waals surface area contributed by atoms with Gasteiger partial charge in [-0.2, -0.15) is 13.2 Å². The molecule has 0 aromatic heterocycles. The van der Waals surface area contributed by atoms with Crippen molar-refractivity contribution in [2.45, 2.75) is 38.1 Å². The molecule has 4 rings (SSSR count). The Morgan fingerprint density at radius 2 is 1.84 bits per heavy atom. The molecule has 5 nitrogen and oxygen atoms in total. The number of alkyl halides is 3. The number of benzene rings is 3. The van der Waals surface area contributed by atoms with Crippen LogP contribution in [0.4, 0.5) is 17.6 Å². The van der Waals surface area contributed by atoms with Crippen LogP contribution in [-0.4, -0.2) is 34.0 Å². The molecular formula is C27H22ClF4NO4. The number of carbonyl (C=O) groups is 2. The molecule has 0 unspecified atom stereocenters. The zero-order valence-corrected chi connectivity index (χ0v) is 20.4. The topological polar surface area (TPSA) is 66.8 Å². The van der Waals surface area contributed by atoms with Crippen LogP contribution in [0.15, 0.2) is 60.7 Å². The zero-order chi connectivity index (χ0) is 27.0. The van der Waals surface area contributed by atoms with Gasteiger partial charge in [0.15, 0.2) is 0 Å². The molecule has 3 aromatic carbocycles. The largest absolute Gasteiger partial charge is 0.487 e. The van der Waals surface area contributed by atoms with Gasteiger partial charge in [-0.15, -0.1) is 0 Å². The standard InChI is InChI=1S/C27H22ClF4NO4/c1-26(12-16-5-7-21(28)22(29)10-16)13-19-11-18(6-8-23(19)37-26)25(36)33(15-24(34)35)14-17-3-2-4-20(9-17)27(30,31)32/h2-11H,12-15H2,1H3,(H,34,35)/t26-/m0/s1. The molecule has 1 atom stereocenters. The predicted molar refractivity (Wildman–Crippen MR) is 128 cm³/mol. The first kappa shape index (κ1) is 26.5. The minimum Gasteiger partial charge on any atom is -0.487 e. The molecular weight excluding hydrogens is 514 g/mol. The number of carboxylic acids is 1. The third-order valence-electron chi connectivity index (χ3n) is 6.03. The van der Waals surface area contributed by atoms with Crippen molar-refractivity contribution in [2.24, 2.45) is 0 Å². The summed E-state index contributed by atoms with van der Waals surface area (Å²) in [6, 6.07) is 13.6. The van der Waals surface area contributed by atoms with E-state index in [1.54, 1.807) is 18.2 Å². The molecule has 0 saturated heterocycles.